The van der Waals surface area contributed by atoms with E-state index in [0.29, 0.717) is 5.02 Å². The topological polar surface area (TPSA) is 77.6 Å². The van der Waals surface area contributed by atoms with Crippen molar-refractivity contribution in [3.05, 3.63) is 58.7 Å². The monoisotopic (exact) mass is 389 g/mol. The fraction of sp³-hybridized carbons (Fsp3) is 0.133. The standard InChI is InChI=1S/C15H11ClF3N3O2S/c16-10-5-3-9(4-6-10)14(23)24-22-12(20)8-25-13-11(15(17,18)19)2-1-7-21-13/h1-7H,8H2,(H2,20,22). The second-order valence-electron chi connectivity index (χ2n) is 4.61. The Morgan fingerprint density at radius 3 is 2.60 bits per heavy atom. The quantitative estimate of drug-likeness (QED) is 0.275. The summed E-state index contributed by atoms with van der Waals surface area (Å²) in [6.07, 6.45) is -3.28. The Kier molecular flexibility index (Phi) is 6.27. The van der Waals surface area contributed by atoms with Crippen molar-refractivity contribution in [2.45, 2.75) is 11.2 Å². The second-order valence-corrected chi connectivity index (χ2v) is 6.01. The molecule has 2 aromatic rings. The second kappa shape index (κ2) is 8.21. The predicted octanol–water partition coefficient (Wildman–Crippen LogP) is 3.98. The summed E-state index contributed by atoms with van der Waals surface area (Å²) in [4.78, 5) is 20.0. The molecule has 0 aliphatic carbocycles. The molecule has 0 saturated carbocycles. The average molecular weight is 390 g/mol. The number of benzene rings is 1. The Hall–Kier alpha value is -2.26. The number of hydrogen-bond donors (Lipinski definition) is 1. The molecule has 25 heavy (non-hydrogen) atoms. The SMILES string of the molecule is N/C(CSc1ncccc1C(F)(F)F)=N/OC(=O)c1ccc(Cl)cc1. The Balaban J connectivity index is 1.96. The predicted molar refractivity (Wildman–Crippen MR) is 88.5 cm³/mol. The van der Waals surface area contributed by atoms with E-state index in [1.165, 1.54) is 36.5 Å². The largest absolute Gasteiger partial charge is 0.419 e. The number of oxime groups is 1. The molecule has 0 fully saturated rings. The number of hydrogen-bond acceptors (Lipinski definition) is 5. The molecule has 1 aromatic heterocycles. The fourth-order valence-electron chi connectivity index (χ4n) is 1.63. The van der Waals surface area contributed by atoms with Crippen molar-refractivity contribution in [3.63, 3.8) is 0 Å². The minimum Gasteiger partial charge on any atom is -0.384 e. The van der Waals surface area contributed by atoms with E-state index >= 15 is 0 Å². The Labute approximate surface area is 150 Å². The number of halogens is 4. The van der Waals surface area contributed by atoms with Crippen molar-refractivity contribution >= 4 is 35.2 Å². The molecular weight excluding hydrogens is 379 g/mol. The van der Waals surface area contributed by atoms with Crippen LogP contribution in [0.5, 0.6) is 0 Å². The Morgan fingerprint density at radius 1 is 1.28 bits per heavy atom. The molecule has 1 heterocycles. The van der Waals surface area contributed by atoms with Gasteiger partial charge in [-0.05, 0) is 36.4 Å². The number of nitrogens with zero attached hydrogens (tertiary/aromatic N) is 2. The number of nitrogens with two attached hydrogens (primary N) is 1. The maximum atomic E-state index is 12.8. The van der Waals surface area contributed by atoms with Gasteiger partial charge in [0.25, 0.3) is 0 Å². The highest BCUT2D eigenvalue weighted by atomic mass is 35.5. The fourth-order valence-corrected chi connectivity index (χ4v) is 2.57. The molecule has 0 aliphatic rings. The summed E-state index contributed by atoms with van der Waals surface area (Å²) in [7, 11) is 0. The highest BCUT2D eigenvalue weighted by molar-refractivity contribution is 8.00. The van der Waals surface area contributed by atoms with Crippen molar-refractivity contribution in [2.24, 2.45) is 10.9 Å². The first kappa shape index (κ1) is 19.1. The summed E-state index contributed by atoms with van der Waals surface area (Å²) in [5.74, 6) is -1.06. The van der Waals surface area contributed by atoms with Gasteiger partial charge in [0.1, 0.15) is 5.03 Å². The van der Waals surface area contributed by atoms with E-state index in [1.54, 1.807) is 0 Å². The summed E-state index contributed by atoms with van der Waals surface area (Å²) < 4.78 is 38.5. The molecule has 0 saturated heterocycles. The van der Waals surface area contributed by atoms with E-state index in [9.17, 15) is 18.0 Å². The van der Waals surface area contributed by atoms with E-state index < -0.39 is 17.7 Å². The number of carbonyl (C=O) groups excluding carboxylic acids is 1. The van der Waals surface area contributed by atoms with Gasteiger partial charge in [-0.25, -0.2) is 9.78 Å². The van der Waals surface area contributed by atoms with Crippen LogP contribution in [0, 0.1) is 0 Å². The lowest BCUT2D eigenvalue weighted by Crippen LogP contribution is -2.17. The van der Waals surface area contributed by atoms with Gasteiger partial charge >= 0.3 is 12.1 Å². The molecule has 0 bridgehead atoms. The minimum atomic E-state index is -4.52. The van der Waals surface area contributed by atoms with Gasteiger partial charge in [0.2, 0.25) is 0 Å². The van der Waals surface area contributed by atoms with Crippen LogP contribution in [0.15, 0.2) is 52.8 Å². The summed E-state index contributed by atoms with van der Waals surface area (Å²) in [5.41, 5.74) is 4.89. The molecule has 0 spiro atoms. The van der Waals surface area contributed by atoms with E-state index in [4.69, 9.17) is 17.3 Å². The lowest BCUT2D eigenvalue weighted by Gasteiger charge is -2.10. The molecule has 0 amide bonds. The Morgan fingerprint density at radius 2 is 1.96 bits per heavy atom. The van der Waals surface area contributed by atoms with Crippen LogP contribution in [0.2, 0.25) is 5.02 Å². The van der Waals surface area contributed by atoms with Crippen molar-refractivity contribution in [2.75, 3.05) is 5.75 Å². The number of rotatable bonds is 5. The zero-order valence-electron chi connectivity index (χ0n) is 12.5. The van der Waals surface area contributed by atoms with Crippen LogP contribution in [0.1, 0.15) is 15.9 Å². The van der Waals surface area contributed by atoms with Crippen LogP contribution in [0.3, 0.4) is 0 Å². The van der Waals surface area contributed by atoms with Crippen molar-refractivity contribution in [3.8, 4) is 0 Å². The third-order valence-corrected chi connectivity index (χ3v) is 4.05. The summed E-state index contributed by atoms with van der Waals surface area (Å²) >= 11 is 6.44. The third kappa shape index (κ3) is 5.64. The number of carbonyl (C=O) groups is 1. The Bertz CT molecular complexity index is 782. The van der Waals surface area contributed by atoms with Gasteiger partial charge in [-0.15, -0.1) is 0 Å². The molecular formula is C15H11ClF3N3O2S. The molecule has 10 heteroatoms. The molecule has 2 rings (SSSR count). The van der Waals surface area contributed by atoms with Crippen LogP contribution in [-0.4, -0.2) is 22.5 Å². The molecule has 0 aliphatic heterocycles. The first-order valence-corrected chi connectivity index (χ1v) is 8.08. The van der Waals surface area contributed by atoms with Crippen LogP contribution in [-0.2, 0) is 11.0 Å². The molecule has 0 atom stereocenters. The highest BCUT2D eigenvalue weighted by Crippen LogP contribution is 2.35. The lowest BCUT2D eigenvalue weighted by atomic mass is 10.2. The first-order valence-electron chi connectivity index (χ1n) is 6.71. The number of aromatic nitrogens is 1. The van der Waals surface area contributed by atoms with Crippen molar-refractivity contribution in [1.82, 2.24) is 4.98 Å². The maximum absolute atomic E-state index is 12.8. The minimum absolute atomic E-state index is 0.131. The number of pyridine rings is 1. The number of amidine groups is 1. The maximum Gasteiger partial charge on any atom is 0.419 e. The third-order valence-electron chi connectivity index (χ3n) is 2.76. The van der Waals surface area contributed by atoms with Gasteiger partial charge in [0, 0.05) is 11.2 Å². The van der Waals surface area contributed by atoms with Crippen LogP contribution in [0.4, 0.5) is 13.2 Å². The van der Waals surface area contributed by atoms with Gasteiger partial charge in [0.15, 0.2) is 5.84 Å². The average Bonchev–Trinajstić information content (AvgIpc) is 2.58. The molecule has 1 aromatic carbocycles. The highest BCUT2D eigenvalue weighted by Gasteiger charge is 2.34. The lowest BCUT2D eigenvalue weighted by molar-refractivity contribution is -0.140. The van der Waals surface area contributed by atoms with Crippen molar-refractivity contribution < 1.29 is 22.8 Å². The van der Waals surface area contributed by atoms with Gasteiger partial charge in [0.05, 0.1) is 16.9 Å². The zero-order valence-corrected chi connectivity index (χ0v) is 14.0. The van der Waals surface area contributed by atoms with Crippen LogP contribution >= 0.6 is 23.4 Å². The van der Waals surface area contributed by atoms with E-state index in [1.807, 2.05) is 0 Å². The normalized spacial score (nSPS) is 12.1. The summed E-state index contributed by atoms with van der Waals surface area (Å²) in [6, 6.07) is 7.99. The number of thioether (sulfide) groups is 1. The van der Waals surface area contributed by atoms with Crippen molar-refractivity contribution in [1.29, 1.82) is 0 Å². The van der Waals surface area contributed by atoms with Crippen LogP contribution < -0.4 is 5.73 Å². The van der Waals surface area contributed by atoms with Gasteiger partial charge < -0.3 is 10.6 Å². The zero-order chi connectivity index (χ0) is 18.4. The summed E-state index contributed by atoms with van der Waals surface area (Å²) in [5, 5.41) is 3.62. The molecule has 2 N–H and O–H groups in total. The molecule has 0 unspecified atom stereocenters. The van der Waals surface area contributed by atoms with Gasteiger partial charge in [-0.3, -0.25) is 0 Å². The molecule has 0 radical (unpaired) electrons. The van der Waals surface area contributed by atoms with E-state index in [2.05, 4.69) is 15.0 Å². The summed E-state index contributed by atoms with van der Waals surface area (Å²) in [6.45, 7) is 0. The van der Waals surface area contributed by atoms with E-state index in [-0.39, 0.29) is 22.2 Å². The van der Waals surface area contributed by atoms with E-state index in [0.717, 1.165) is 17.8 Å². The first-order chi connectivity index (χ1) is 11.8. The van der Waals surface area contributed by atoms with Crippen LogP contribution in [0.25, 0.3) is 0 Å². The van der Waals surface area contributed by atoms with Gasteiger partial charge in [-0.1, -0.05) is 28.5 Å². The molecule has 132 valence electrons. The van der Waals surface area contributed by atoms with Gasteiger partial charge in [-0.2, -0.15) is 13.2 Å². The smallest absolute Gasteiger partial charge is 0.384 e. The molecule has 5 nitrogen and oxygen atoms in total. The number of alkyl halides is 3.